The van der Waals surface area contributed by atoms with Gasteiger partial charge in [0.1, 0.15) is 0 Å². The van der Waals surface area contributed by atoms with Crippen molar-refractivity contribution in [3.63, 3.8) is 0 Å². The summed E-state index contributed by atoms with van der Waals surface area (Å²) in [5, 5.41) is 0. The van der Waals surface area contributed by atoms with E-state index in [1.807, 2.05) is 45.8 Å². The molecule has 0 spiro atoms. The molecule has 0 aliphatic carbocycles. The molecule has 1 aromatic carbocycles. The molecule has 0 bridgehead atoms. The highest BCUT2D eigenvalue weighted by Gasteiger charge is 2.32. The van der Waals surface area contributed by atoms with Gasteiger partial charge in [-0.25, -0.2) is 4.98 Å². The number of likely N-dealkylation sites (tertiary alicyclic amines) is 1. The number of fused-ring (bicyclic) bond motifs is 1. The predicted molar refractivity (Wildman–Crippen MR) is 97.1 cm³/mol. The van der Waals surface area contributed by atoms with Gasteiger partial charge >= 0.3 is 0 Å². The summed E-state index contributed by atoms with van der Waals surface area (Å²) in [7, 11) is 0. The summed E-state index contributed by atoms with van der Waals surface area (Å²) in [6, 6.07) is 11.6. The van der Waals surface area contributed by atoms with E-state index in [0.717, 1.165) is 40.8 Å². The number of halogens is 1. The standard InChI is InChI=1S/C19H18BrN3O/c1-13-10-15(20)18-21-16(12-22(18)11-13)17-8-5-9-23(17)19(24)14-6-3-2-4-7-14/h2-4,6-7,10-12,17H,5,8-9H2,1H3/t17-/m0/s1. The number of nitrogens with zero attached hydrogens (tertiary/aromatic N) is 3. The summed E-state index contributed by atoms with van der Waals surface area (Å²) < 4.78 is 3.02. The average molecular weight is 384 g/mol. The summed E-state index contributed by atoms with van der Waals surface area (Å²) in [6.45, 7) is 2.84. The molecule has 1 aliphatic heterocycles. The third kappa shape index (κ3) is 2.63. The Bertz CT molecular complexity index is 904. The van der Waals surface area contributed by atoms with Crippen LogP contribution in [0.1, 0.15) is 40.5 Å². The van der Waals surface area contributed by atoms with Crippen LogP contribution >= 0.6 is 15.9 Å². The number of carbonyl (C=O) groups is 1. The first kappa shape index (κ1) is 15.4. The minimum atomic E-state index is 0.0461. The van der Waals surface area contributed by atoms with E-state index in [-0.39, 0.29) is 11.9 Å². The summed E-state index contributed by atoms with van der Waals surface area (Å²) in [5.41, 5.74) is 3.77. The highest BCUT2D eigenvalue weighted by atomic mass is 79.9. The van der Waals surface area contributed by atoms with Crippen LogP contribution in [-0.4, -0.2) is 26.7 Å². The zero-order chi connectivity index (χ0) is 16.7. The molecule has 0 radical (unpaired) electrons. The first-order chi connectivity index (χ1) is 11.6. The number of imidazole rings is 1. The number of carbonyl (C=O) groups excluding carboxylic acids is 1. The van der Waals surface area contributed by atoms with Crippen molar-refractivity contribution in [1.29, 1.82) is 0 Å². The number of hydrogen-bond acceptors (Lipinski definition) is 2. The van der Waals surface area contributed by atoms with Crippen molar-refractivity contribution in [1.82, 2.24) is 14.3 Å². The van der Waals surface area contributed by atoms with Gasteiger partial charge < -0.3 is 9.30 Å². The lowest BCUT2D eigenvalue weighted by Gasteiger charge is -2.23. The molecule has 1 saturated heterocycles. The summed E-state index contributed by atoms with van der Waals surface area (Å²) in [5.74, 6) is 0.0883. The monoisotopic (exact) mass is 383 g/mol. The van der Waals surface area contributed by atoms with Crippen LogP contribution in [0, 0.1) is 6.92 Å². The molecule has 4 nitrogen and oxygen atoms in total. The van der Waals surface area contributed by atoms with Gasteiger partial charge in [0.15, 0.2) is 5.65 Å². The fourth-order valence-electron chi connectivity index (χ4n) is 3.43. The molecule has 1 aliphatic rings. The third-order valence-corrected chi connectivity index (χ3v) is 5.12. The van der Waals surface area contributed by atoms with E-state index < -0.39 is 0 Å². The van der Waals surface area contributed by atoms with Crippen LogP contribution in [0.2, 0.25) is 0 Å². The maximum absolute atomic E-state index is 12.8. The van der Waals surface area contributed by atoms with Crippen LogP contribution in [0.3, 0.4) is 0 Å². The normalized spacial score (nSPS) is 17.6. The Morgan fingerprint density at radius 3 is 2.83 bits per heavy atom. The topological polar surface area (TPSA) is 37.6 Å². The van der Waals surface area contributed by atoms with Crippen LogP contribution in [0.5, 0.6) is 0 Å². The van der Waals surface area contributed by atoms with Crippen LogP contribution in [0.25, 0.3) is 5.65 Å². The Balaban J connectivity index is 1.70. The van der Waals surface area contributed by atoms with Crippen molar-refractivity contribution in [2.75, 3.05) is 6.54 Å². The molecular formula is C19H18BrN3O. The van der Waals surface area contributed by atoms with Gasteiger partial charge in [0.05, 0.1) is 16.2 Å². The van der Waals surface area contributed by atoms with Crippen LogP contribution in [-0.2, 0) is 0 Å². The summed E-state index contributed by atoms with van der Waals surface area (Å²) >= 11 is 3.59. The first-order valence-electron chi connectivity index (χ1n) is 8.14. The Morgan fingerprint density at radius 1 is 1.25 bits per heavy atom. The maximum Gasteiger partial charge on any atom is 0.254 e. The van der Waals surface area contributed by atoms with Crippen LogP contribution in [0.15, 0.2) is 53.3 Å². The number of aromatic nitrogens is 2. The Labute approximate surface area is 149 Å². The second kappa shape index (κ2) is 6.06. The van der Waals surface area contributed by atoms with E-state index in [0.29, 0.717) is 0 Å². The average Bonchev–Trinajstić information content (AvgIpc) is 3.21. The molecule has 24 heavy (non-hydrogen) atoms. The minimum absolute atomic E-state index is 0.0461. The molecule has 1 amide bonds. The molecular weight excluding hydrogens is 366 g/mol. The van der Waals surface area contributed by atoms with Crippen molar-refractivity contribution in [2.24, 2.45) is 0 Å². The summed E-state index contributed by atoms with van der Waals surface area (Å²) in [6.07, 6.45) is 6.08. The van der Waals surface area contributed by atoms with E-state index in [2.05, 4.69) is 35.1 Å². The van der Waals surface area contributed by atoms with Gasteiger partial charge in [-0.1, -0.05) is 18.2 Å². The molecule has 0 unspecified atom stereocenters. The second-order valence-corrected chi connectivity index (χ2v) is 7.14. The first-order valence-corrected chi connectivity index (χ1v) is 8.93. The van der Waals surface area contributed by atoms with Gasteiger partial charge in [-0.3, -0.25) is 4.79 Å². The number of benzene rings is 1. The molecule has 0 N–H and O–H groups in total. The third-order valence-electron chi connectivity index (χ3n) is 4.54. The Kier molecular flexibility index (Phi) is 3.88. The number of amides is 1. The van der Waals surface area contributed by atoms with Gasteiger partial charge in [0, 0.05) is 24.5 Å². The largest absolute Gasteiger partial charge is 0.330 e. The number of rotatable bonds is 2. The van der Waals surface area contributed by atoms with Gasteiger partial charge in [-0.05, 0) is 59.5 Å². The quantitative estimate of drug-likeness (QED) is 0.658. The lowest BCUT2D eigenvalue weighted by atomic mass is 10.1. The van der Waals surface area contributed by atoms with Crippen LogP contribution in [0.4, 0.5) is 0 Å². The van der Waals surface area contributed by atoms with Gasteiger partial charge in [0.25, 0.3) is 5.91 Å². The minimum Gasteiger partial charge on any atom is -0.330 e. The zero-order valence-electron chi connectivity index (χ0n) is 13.4. The van der Waals surface area contributed by atoms with Crippen LogP contribution < -0.4 is 0 Å². The maximum atomic E-state index is 12.8. The molecule has 3 aromatic rings. The highest BCUT2D eigenvalue weighted by Crippen LogP contribution is 2.33. The van der Waals surface area contributed by atoms with E-state index in [4.69, 9.17) is 4.98 Å². The van der Waals surface area contributed by atoms with Crippen molar-refractivity contribution in [3.8, 4) is 0 Å². The molecule has 1 fully saturated rings. The molecule has 4 rings (SSSR count). The van der Waals surface area contributed by atoms with E-state index in [9.17, 15) is 4.79 Å². The lowest BCUT2D eigenvalue weighted by molar-refractivity contribution is 0.0733. The van der Waals surface area contributed by atoms with E-state index in [1.165, 1.54) is 5.56 Å². The zero-order valence-corrected chi connectivity index (χ0v) is 15.0. The van der Waals surface area contributed by atoms with E-state index in [1.54, 1.807) is 0 Å². The fourth-order valence-corrected chi connectivity index (χ4v) is 4.09. The number of hydrogen-bond donors (Lipinski definition) is 0. The summed E-state index contributed by atoms with van der Waals surface area (Å²) in [4.78, 5) is 19.6. The lowest BCUT2D eigenvalue weighted by Crippen LogP contribution is -2.30. The fraction of sp³-hybridized carbons (Fsp3) is 0.263. The molecule has 2 aromatic heterocycles. The molecule has 1 atom stereocenters. The van der Waals surface area contributed by atoms with Gasteiger partial charge in [-0.15, -0.1) is 0 Å². The number of aryl methyl sites for hydroxylation is 1. The highest BCUT2D eigenvalue weighted by molar-refractivity contribution is 9.10. The van der Waals surface area contributed by atoms with Gasteiger partial charge in [-0.2, -0.15) is 0 Å². The Hall–Kier alpha value is -2.14. The van der Waals surface area contributed by atoms with Crippen molar-refractivity contribution >= 4 is 27.5 Å². The van der Waals surface area contributed by atoms with Crippen molar-refractivity contribution in [2.45, 2.75) is 25.8 Å². The second-order valence-electron chi connectivity index (χ2n) is 6.28. The molecule has 3 heterocycles. The number of pyridine rings is 1. The molecule has 0 saturated carbocycles. The SMILES string of the molecule is Cc1cc(Br)c2nc([C@@H]3CCCN3C(=O)c3ccccc3)cn2c1. The molecule has 122 valence electrons. The van der Waals surface area contributed by atoms with E-state index >= 15 is 0 Å². The Morgan fingerprint density at radius 2 is 2.04 bits per heavy atom. The smallest absolute Gasteiger partial charge is 0.254 e. The van der Waals surface area contributed by atoms with Gasteiger partial charge in [0.2, 0.25) is 0 Å². The predicted octanol–water partition coefficient (Wildman–Crippen LogP) is 4.38. The molecule has 5 heteroatoms. The van der Waals surface area contributed by atoms with Crippen molar-refractivity contribution < 1.29 is 4.79 Å². The van der Waals surface area contributed by atoms with Crippen molar-refractivity contribution in [3.05, 3.63) is 70.1 Å².